The van der Waals surface area contributed by atoms with Crippen molar-refractivity contribution in [1.29, 1.82) is 0 Å². The molecule has 30 heavy (non-hydrogen) atoms. The van der Waals surface area contributed by atoms with Crippen molar-refractivity contribution in [1.82, 2.24) is 4.57 Å². The van der Waals surface area contributed by atoms with Crippen molar-refractivity contribution >= 4 is 28.2 Å². The molecule has 1 heterocycles. The fourth-order valence-electron chi connectivity index (χ4n) is 3.22. The van der Waals surface area contributed by atoms with E-state index in [9.17, 15) is 18.0 Å². The normalized spacial score (nSPS) is 12.2. The molecule has 0 unspecified atom stereocenters. The monoisotopic (exact) mass is 419 g/mol. The minimum Gasteiger partial charge on any atom is -0.406 e. The number of nitrogens with two attached hydrogens (primary N) is 1. The molecule has 2 aromatic carbocycles. The van der Waals surface area contributed by atoms with E-state index in [4.69, 9.17) is 5.73 Å². The van der Waals surface area contributed by atoms with Crippen LogP contribution in [-0.2, 0) is 11.3 Å². The van der Waals surface area contributed by atoms with E-state index in [0.717, 1.165) is 5.56 Å². The minimum absolute atomic E-state index is 0.102. The molecule has 0 aliphatic carbocycles. The first-order valence-electron chi connectivity index (χ1n) is 9.50. The van der Waals surface area contributed by atoms with Crippen molar-refractivity contribution in [2.45, 2.75) is 40.6 Å². The quantitative estimate of drug-likeness (QED) is 0.562. The number of hydrogen-bond acceptors (Lipinski definition) is 3. The fraction of sp³-hybridized carbons (Fsp3) is 0.318. The number of nitrogen functional groups attached to an aromatic ring is 1. The Morgan fingerprint density at radius 3 is 2.27 bits per heavy atom. The lowest BCUT2D eigenvalue weighted by Gasteiger charge is -2.18. The first-order valence-corrected chi connectivity index (χ1v) is 9.50. The number of nitrogens with zero attached hydrogens (tertiary/aromatic N) is 1. The van der Waals surface area contributed by atoms with E-state index < -0.39 is 11.8 Å². The van der Waals surface area contributed by atoms with Crippen LogP contribution in [0.15, 0.2) is 42.5 Å². The maximum Gasteiger partial charge on any atom is 0.573 e. The fourth-order valence-corrected chi connectivity index (χ4v) is 3.22. The van der Waals surface area contributed by atoms with Crippen LogP contribution in [0, 0.1) is 5.41 Å². The molecular formula is C22H24F3N3O2. The number of amides is 1. The molecule has 1 amide bonds. The minimum atomic E-state index is -4.76. The second-order valence-electron chi connectivity index (χ2n) is 8.01. The average molecular weight is 419 g/mol. The third-order valence-corrected chi connectivity index (χ3v) is 4.72. The lowest BCUT2D eigenvalue weighted by atomic mass is 9.95. The maximum absolute atomic E-state index is 12.6. The Morgan fingerprint density at radius 1 is 1.10 bits per heavy atom. The van der Waals surface area contributed by atoms with E-state index in [1.807, 2.05) is 44.4 Å². The summed E-state index contributed by atoms with van der Waals surface area (Å²) in [5.41, 5.74) is 8.99. The number of anilines is 2. The zero-order chi connectivity index (χ0) is 22.3. The van der Waals surface area contributed by atoms with Crippen molar-refractivity contribution in [3.05, 3.63) is 42.5 Å². The third-order valence-electron chi connectivity index (χ3n) is 4.72. The van der Waals surface area contributed by atoms with Gasteiger partial charge < -0.3 is 20.4 Å². The Kier molecular flexibility index (Phi) is 5.45. The van der Waals surface area contributed by atoms with Crippen LogP contribution in [0.2, 0.25) is 0 Å². The van der Waals surface area contributed by atoms with Crippen LogP contribution in [0.5, 0.6) is 5.75 Å². The number of alkyl halides is 3. The molecule has 5 nitrogen and oxygen atoms in total. The van der Waals surface area contributed by atoms with Gasteiger partial charge in [0.15, 0.2) is 0 Å². The summed E-state index contributed by atoms with van der Waals surface area (Å²) in [5, 5.41) is 3.50. The maximum atomic E-state index is 12.6. The summed E-state index contributed by atoms with van der Waals surface area (Å²) in [7, 11) is 0. The number of benzene rings is 2. The van der Waals surface area contributed by atoms with Crippen molar-refractivity contribution in [2.24, 2.45) is 5.41 Å². The predicted molar refractivity (Wildman–Crippen MR) is 112 cm³/mol. The van der Waals surface area contributed by atoms with Gasteiger partial charge in [-0.15, -0.1) is 13.2 Å². The molecule has 0 spiro atoms. The molecule has 1 aromatic heterocycles. The summed E-state index contributed by atoms with van der Waals surface area (Å²) in [6.45, 7) is 7.87. The first kappa shape index (κ1) is 21.5. The highest BCUT2D eigenvalue weighted by molar-refractivity contribution is 6.01. The molecule has 0 aliphatic rings. The van der Waals surface area contributed by atoms with Crippen molar-refractivity contribution in [3.63, 3.8) is 0 Å². The Balaban J connectivity index is 2.01. The van der Waals surface area contributed by atoms with Gasteiger partial charge in [-0.3, -0.25) is 4.79 Å². The van der Waals surface area contributed by atoms with Crippen molar-refractivity contribution in [3.8, 4) is 17.0 Å². The zero-order valence-corrected chi connectivity index (χ0v) is 17.2. The molecule has 3 rings (SSSR count). The summed E-state index contributed by atoms with van der Waals surface area (Å²) in [6.07, 6.45) is -4.76. The van der Waals surface area contributed by atoms with E-state index in [1.54, 1.807) is 12.1 Å². The van der Waals surface area contributed by atoms with Crippen LogP contribution in [0.4, 0.5) is 24.5 Å². The van der Waals surface area contributed by atoms with Crippen LogP contribution < -0.4 is 15.8 Å². The Labute approximate surface area is 172 Å². The summed E-state index contributed by atoms with van der Waals surface area (Å²) >= 11 is 0. The van der Waals surface area contributed by atoms with Gasteiger partial charge in [-0.1, -0.05) is 32.9 Å². The van der Waals surface area contributed by atoms with E-state index in [0.29, 0.717) is 34.5 Å². The molecule has 160 valence electrons. The Hall–Kier alpha value is -3.16. The van der Waals surface area contributed by atoms with E-state index >= 15 is 0 Å². The molecule has 0 atom stereocenters. The summed E-state index contributed by atoms with van der Waals surface area (Å²) in [5.74, 6) is -0.399. The summed E-state index contributed by atoms with van der Waals surface area (Å²) in [4.78, 5) is 12.2. The molecule has 3 N–H and O–H groups in total. The molecule has 0 radical (unpaired) electrons. The number of hydrogen-bond donors (Lipinski definition) is 2. The lowest BCUT2D eigenvalue weighted by molar-refractivity contribution is -0.274. The smallest absolute Gasteiger partial charge is 0.406 e. The van der Waals surface area contributed by atoms with Crippen LogP contribution in [0.25, 0.3) is 22.2 Å². The van der Waals surface area contributed by atoms with Crippen LogP contribution in [-0.4, -0.2) is 16.8 Å². The molecule has 8 heteroatoms. The highest BCUT2D eigenvalue weighted by Gasteiger charge is 2.31. The number of carbonyl (C=O) groups excluding carboxylic acids is 1. The Morgan fingerprint density at radius 2 is 1.73 bits per heavy atom. The van der Waals surface area contributed by atoms with E-state index in [-0.39, 0.29) is 11.7 Å². The molecular weight excluding hydrogens is 395 g/mol. The topological polar surface area (TPSA) is 69.3 Å². The van der Waals surface area contributed by atoms with Gasteiger partial charge in [0.25, 0.3) is 0 Å². The number of nitrogens with one attached hydrogen (secondary N) is 1. The number of carbonyl (C=O) groups is 1. The average Bonchev–Trinajstić information content (AvgIpc) is 2.91. The number of fused-ring (bicyclic) bond motifs is 1. The van der Waals surface area contributed by atoms with Gasteiger partial charge in [-0.05, 0) is 31.2 Å². The number of rotatable bonds is 4. The molecule has 0 saturated carbocycles. The third kappa shape index (κ3) is 4.37. The van der Waals surface area contributed by atoms with Gasteiger partial charge in [0.1, 0.15) is 5.75 Å². The number of aryl methyl sites for hydroxylation is 1. The van der Waals surface area contributed by atoms with Gasteiger partial charge in [-0.25, -0.2) is 0 Å². The lowest BCUT2D eigenvalue weighted by Crippen LogP contribution is -2.27. The van der Waals surface area contributed by atoms with Crippen molar-refractivity contribution < 1.29 is 22.7 Å². The predicted octanol–water partition coefficient (Wildman–Crippen LogP) is 5.79. The van der Waals surface area contributed by atoms with Gasteiger partial charge in [0.2, 0.25) is 5.91 Å². The zero-order valence-electron chi connectivity index (χ0n) is 17.2. The van der Waals surface area contributed by atoms with Crippen LogP contribution >= 0.6 is 0 Å². The Bertz CT molecular complexity index is 1080. The van der Waals surface area contributed by atoms with Gasteiger partial charge in [0, 0.05) is 34.7 Å². The van der Waals surface area contributed by atoms with Crippen molar-refractivity contribution in [2.75, 3.05) is 11.1 Å². The number of halogens is 3. The van der Waals surface area contributed by atoms with Gasteiger partial charge in [-0.2, -0.15) is 0 Å². The van der Waals surface area contributed by atoms with E-state index in [2.05, 4.69) is 10.1 Å². The van der Waals surface area contributed by atoms with E-state index in [1.165, 1.54) is 18.2 Å². The highest BCUT2D eigenvalue weighted by atomic mass is 19.4. The van der Waals surface area contributed by atoms with Gasteiger partial charge in [0.05, 0.1) is 16.9 Å². The second kappa shape index (κ2) is 7.59. The molecule has 3 aromatic rings. The van der Waals surface area contributed by atoms with Crippen LogP contribution in [0.1, 0.15) is 27.7 Å². The number of aromatic nitrogens is 1. The largest absolute Gasteiger partial charge is 0.573 e. The summed E-state index contributed by atoms with van der Waals surface area (Å²) in [6, 6.07) is 11.3. The van der Waals surface area contributed by atoms with Crippen LogP contribution in [0.3, 0.4) is 0 Å². The summed E-state index contributed by atoms with van der Waals surface area (Å²) < 4.78 is 43.7. The van der Waals surface area contributed by atoms with Gasteiger partial charge >= 0.3 is 6.36 Å². The molecule has 0 saturated heterocycles. The molecule has 0 aliphatic heterocycles. The second-order valence-corrected chi connectivity index (χ2v) is 8.01. The molecule has 0 fully saturated rings. The highest BCUT2D eigenvalue weighted by Crippen LogP contribution is 2.38. The standard InChI is InChI=1S/C22H24F3N3O2/c1-5-28-17-12-15(30-22(23,24)25)10-11-16(17)18(26)19(28)13-6-8-14(9-7-13)27-20(29)21(2,3)4/h6-12H,5,26H2,1-4H3,(H,27,29). The number of ether oxygens (including phenoxy) is 1. The SMILES string of the molecule is CCn1c(-c2ccc(NC(=O)C(C)(C)C)cc2)c(N)c2ccc(OC(F)(F)F)cc21. The first-order chi connectivity index (χ1) is 13.9. The molecule has 0 bridgehead atoms.